The maximum atomic E-state index is 10.1. The van der Waals surface area contributed by atoms with Crippen molar-refractivity contribution < 1.29 is 5.11 Å². The molecule has 0 radical (unpaired) electrons. The molecule has 0 amide bonds. The molecule has 0 aliphatic heterocycles. The highest BCUT2D eigenvalue weighted by molar-refractivity contribution is 5.29. The molecule has 1 N–H and O–H groups in total. The van der Waals surface area contributed by atoms with Crippen molar-refractivity contribution in [3.8, 4) is 0 Å². The van der Waals surface area contributed by atoms with E-state index >= 15 is 0 Å². The number of aliphatic hydroxyl groups is 1. The molecule has 0 saturated heterocycles. The Hall–Kier alpha value is -0.820. The van der Waals surface area contributed by atoms with Crippen LogP contribution in [-0.4, -0.2) is 11.2 Å². The van der Waals surface area contributed by atoms with Crippen LogP contribution in [0.1, 0.15) is 42.9 Å². The standard InChI is InChI=1S/C16H24O/c1-11-4-5-16(17)15(9-11)10-14-7-12(2)6-13(3)8-14/h6-8,11,15-17H,4-5,9-10H2,1-3H3. The quantitative estimate of drug-likeness (QED) is 0.825. The van der Waals surface area contributed by atoms with Crippen molar-refractivity contribution in [3.63, 3.8) is 0 Å². The first-order valence-corrected chi connectivity index (χ1v) is 6.80. The van der Waals surface area contributed by atoms with E-state index in [-0.39, 0.29) is 6.10 Å². The molecule has 1 heteroatoms. The van der Waals surface area contributed by atoms with Gasteiger partial charge in [-0.25, -0.2) is 0 Å². The van der Waals surface area contributed by atoms with E-state index < -0.39 is 0 Å². The average molecular weight is 232 g/mol. The van der Waals surface area contributed by atoms with Crippen molar-refractivity contribution in [3.05, 3.63) is 34.9 Å². The lowest BCUT2D eigenvalue weighted by atomic mass is 9.77. The Morgan fingerprint density at radius 3 is 2.41 bits per heavy atom. The van der Waals surface area contributed by atoms with Gasteiger partial charge in [-0.05, 0) is 56.9 Å². The molecule has 1 nitrogen and oxygen atoms in total. The fourth-order valence-electron chi connectivity index (χ4n) is 3.19. The van der Waals surface area contributed by atoms with Crippen LogP contribution >= 0.6 is 0 Å². The summed E-state index contributed by atoms with van der Waals surface area (Å²) in [6, 6.07) is 6.74. The molecule has 2 rings (SSSR count). The minimum absolute atomic E-state index is 0.0907. The van der Waals surface area contributed by atoms with Crippen molar-refractivity contribution in [2.75, 3.05) is 0 Å². The maximum absolute atomic E-state index is 10.1. The minimum atomic E-state index is -0.0907. The number of hydrogen-bond donors (Lipinski definition) is 1. The molecule has 1 aliphatic rings. The molecule has 1 saturated carbocycles. The number of aryl methyl sites for hydroxylation is 2. The summed E-state index contributed by atoms with van der Waals surface area (Å²) in [5, 5.41) is 10.1. The zero-order chi connectivity index (χ0) is 12.4. The van der Waals surface area contributed by atoms with Gasteiger partial charge in [-0.1, -0.05) is 36.2 Å². The molecule has 3 atom stereocenters. The van der Waals surface area contributed by atoms with E-state index in [2.05, 4.69) is 39.0 Å². The summed E-state index contributed by atoms with van der Waals surface area (Å²) in [4.78, 5) is 0. The molecule has 0 bridgehead atoms. The van der Waals surface area contributed by atoms with Gasteiger partial charge in [-0.15, -0.1) is 0 Å². The first kappa shape index (κ1) is 12.6. The highest BCUT2D eigenvalue weighted by Crippen LogP contribution is 2.31. The molecular weight excluding hydrogens is 208 g/mol. The van der Waals surface area contributed by atoms with Crippen molar-refractivity contribution in [2.24, 2.45) is 11.8 Å². The summed E-state index contributed by atoms with van der Waals surface area (Å²) in [5.41, 5.74) is 4.05. The Morgan fingerprint density at radius 1 is 1.12 bits per heavy atom. The van der Waals surface area contributed by atoms with Crippen LogP contribution in [0.3, 0.4) is 0 Å². The van der Waals surface area contributed by atoms with Crippen molar-refractivity contribution in [2.45, 2.75) is 52.6 Å². The predicted molar refractivity (Wildman–Crippen MR) is 72.1 cm³/mol. The van der Waals surface area contributed by atoms with Crippen LogP contribution in [0, 0.1) is 25.7 Å². The maximum Gasteiger partial charge on any atom is 0.0571 e. The number of rotatable bonds is 2. The molecule has 1 aromatic rings. The molecule has 0 heterocycles. The van der Waals surface area contributed by atoms with Crippen LogP contribution in [0.25, 0.3) is 0 Å². The molecule has 0 aromatic heterocycles. The van der Waals surface area contributed by atoms with Gasteiger partial charge in [0.15, 0.2) is 0 Å². The van der Waals surface area contributed by atoms with Gasteiger partial charge in [-0.3, -0.25) is 0 Å². The zero-order valence-electron chi connectivity index (χ0n) is 11.2. The normalized spacial score (nSPS) is 29.3. The molecule has 1 aromatic carbocycles. The van der Waals surface area contributed by atoms with E-state index in [1.54, 1.807) is 0 Å². The summed E-state index contributed by atoms with van der Waals surface area (Å²) in [5.74, 6) is 1.23. The third-order valence-electron chi connectivity index (χ3n) is 3.98. The number of hydrogen-bond acceptors (Lipinski definition) is 1. The van der Waals surface area contributed by atoms with Gasteiger partial charge in [0.25, 0.3) is 0 Å². The fraction of sp³-hybridized carbons (Fsp3) is 0.625. The van der Waals surface area contributed by atoms with E-state index in [0.29, 0.717) is 5.92 Å². The molecule has 0 spiro atoms. The Morgan fingerprint density at radius 2 is 1.76 bits per heavy atom. The van der Waals surface area contributed by atoms with Crippen LogP contribution in [0.4, 0.5) is 0 Å². The van der Waals surface area contributed by atoms with Crippen LogP contribution < -0.4 is 0 Å². The highest BCUT2D eigenvalue weighted by Gasteiger charge is 2.27. The van der Waals surface area contributed by atoms with Gasteiger partial charge >= 0.3 is 0 Å². The van der Waals surface area contributed by atoms with E-state index in [9.17, 15) is 5.11 Å². The van der Waals surface area contributed by atoms with Crippen molar-refractivity contribution >= 4 is 0 Å². The molecule has 17 heavy (non-hydrogen) atoms. The molecule has 3 unspecified atom stereocenters. The van der Waals surface area contributed by atoms with E-state index in [1.165, 1.54) is 29.5 Å². The molecular formula is C16H24O. The smallest absolute Gasteiger partial charge is 0.0571 e. The molecule has 1 aliphatic carbocycles. The summed E-state index contributed by atoms with van der Waals surface area (Å²) < 4.78 is 0. The third kappa shape index (κ3) is 3.32. The van der Waals surface area contributed by atoms with Crippen molar-refractivity contribution in [1.29, 1.82) is 0 Å². The van der Waals surface area contributed by atoms with Crippen molar-refractivity contribution in [1.82, 2.24) is 0 Å². The minimum Gasteiger partial charge on any atom is -0.393 e. The van der Waals surface area contributed by atoms with Crippen LogP contribution in [0.2, 0.25) is 0 Å². The SMILES string of the molecule is Cc1cc(C)cc(CC2CC(C)CCC2O)c1. The Bertz CT molecular complexity index is 363. The third-order valence-corrected chi connectivity index (χ3v) is 3.98. The Kier molecular flexibility index (Phi) is 3.88. The second kappa shape index (κ2) is 5.22. The molecule has 1 fully saturated rings. The van der Waals surface area contributed by atoms with E-state index in [4.69, 9.17) is 0 Å². The summed E-state index contributed by atoms with van der Waals surface area (Å²) in [6.07, 6.45) is 4.29. The number of aliphatic hydroxyl groups excluding tert-OH is 1. The van der Waals surface area contributed by atoms with Gasteiger partial charge < -0.3 is 5.11 Å². The molecule has 94 valence electrons. The lowest BCUT2D eigenvalue weighted by Crippen LogP contribution is -2.29. The van der Waals surface area contributed by atoms with Gasteiger partial charge in [-0.2, -0.15) is 0 Å². The van der Waals surface area contributed by atoms with E-state index in [1.807, 2.05) is 0 Å². The fourth-order valence-corrected chi connectivity index (χ4v) is 3.19. The first-order chi connectivity index (χ1) is 8.04. The monoisotopic (exact) mass is 232 g/mol. The largest absolute Gasteiger partial charge is 0.393 e. The van der Waals surface area contributed by atoms with Crippen LogP contribution in [-0.2, 0) is 6.42 Å². The van der Waals surface area contributed by atoms with Gasteiger partial charge in [0.05, 0.1) is 6.10 Å². The second-order valence-electron chi connectivity index (χ2n) is 5.95. The first-order valence-electron chi connectivity index (χ1n) is 6.80. The predicted octanol–water partition coefficient (Wildman–Crippen LogP) is 3.64. The highest BCUT2D eigenvalue weighted by atomic mass is 16.3. The Labute approximate surface area is 105 Å². The van der Waals surface area contributed by atoms with Gasteiger partial charge in [0.2, 0.25) is 0 Å². The van der Waals surface area contributed by atoms with Gasteiger partial charge in [0, 0.05) is 0 Å². The summed E-state index contributed by atoms with van der Waals surface area (Å²) in [6.45, 7) is 6.60. The zero-order valence-corrected chi connectivity index (χ0v) is 11.2. The second-order valence-corrected chi connectivity index (χ2v) is 5.95. The average Bonchev–Trinajstić information content (AvgIpc) is 2.22. The lowest BCUT2D eigenvalue weighted by Gasteiger charge is -2.31. The number of benzene rings is 1. The Balaban J connectivity index is 2.08. The van der Waals surface area contributed by atoms with Crippen LogP contribution in [0.15, 0.2) is 18.2 Å². The summed E-state index contributed by atoms with van der Waals surface area (Å²) >= 11 is 0. The van der Waals surface area contributed by atoms with Crippen LogP contribution in [0.5, 0.6) is 0 Å². The van der Waals surface area contributed by atoms with E-state index in [0.717, 1.165) is 18.8 Å². The topological polar surface area (TPSA) is 20.2 Å². The van der Waals surface area contributed by atoms with Gasteiger partial charge in [0.1, 0.15) is 0 Å². The lowest BCUT2D eigenvalue weighted by molar-refractivity contribution is 0.0519. The summed E-state index contributed by atoms with van der Waals surface area (Å²) in [7, 11) is 0.